The average molecular weight is 144 g/mol. The van der Waals surface area contributed by atoms with Crippen LogP contribution in [0.4, 0.5) is 0 Å². The number of aryl methyl sites for hydroxylation is 1. The zero-order valence-electron chi connectivity index (χ0n) is 4.97. The maximum Gasteiger partial charge on any atom is 0.0179 e. The van der Waals surface area contributed by atoms with Gasteiger partial charge < -0.3 is 0 Å². The zero-order valence-corrected chi connectivity index (χ0v) is 6.60. The summed E-state index contributed by atoms with van der Waals surface area (Å²) in [6.07, 6.45) is 2.10. The van der Waals surface area contributed by atoms with Crippen molar-refractivity contribution in [2.24, 2.45) is 0 Å². The van der Waals surface area contributed by atoms with Gasteiger partial charge in [0.2, 0.25) is 0 Å². The van der Waals surface area contributed by atoms with Gasteiger partial charge in [0.15, 0.2) is 0 Å². The van der Waals surface area contributed by atoms with Crippen molar-refractivity contribution >= 4 is 23.1 Å². The largest absolute Gasteiger partial charge is 0.148 e. The van der Waals surface area contributed by atoms with Crippen LogP contribution in [0.3, 0.4) is 0 Å². The van der Waals surface area contributed by atoms with Gasteiger partial charge in [0.1, 0.15) is 0 Å². The fourth-order valence-corrected chi connectivity index (χ4v) is 1.99. The van der Waals surface area contributed by atoms with Crippen LogP contribution in [0.5, 0.6) is 0 Å². The Kier molecular flexibility index (Phi) is 1.97. The first-order valence-corrected chi connectivity index (χ1v) is 4.52. The first kappa shape index (κ1) is 6.17. The predicted molar refractivity (Wildman–Crippen MR) is 40.8 cm³/mol. The van der Waals surface area contributed by atoms with Gasteiger partial charge in [0, 0.05) is 15.2 Å². The molecule has 0 radical (unpaired) electrons. The quantitative estimate of drug-likeness (QED) is 0.546. The van der Waals surface area contributed by atoms with Crippen LogP contribution in [0, 0.1) is 6.92 Å². The summed E-state index contributed by atoms with van der Waals surface area (Å²) in [5.74, 6) is 0. The topological polar surface area (TPSA) is 0 Å². The Morgan fingerprint density at radius 1 is 1.62 bits per heavy atom. The molecule has 0 N–H and O–H groups in total. The molecule has 1 aromatic heterocycles. The molecular weight excluding hydrogens is 136 g/mol. The van der Waals surface area contributed by atoms with Crippen molar-refractivity contribution in [2.75, 3.05) is 6.26 Å². The van der Waals surface area contributed by atoms with E-state index in [9.17, 15) is 0 Å². The Labute approximate surface area is 57.9 Å². The molecule has 8 heavy (non-hydrogen) atoms. The Hall–Kier alpha value is 0.0500. The molecule has 0 fully saturated rings. The second-order valence-electron chi connectivity index (χ2n) is 1.60. The van der Waals surface area contributed by atoms with Crippen LogP contribution in [0.2, 0.25) is 0 Å². The van der Waals surface area contributed by atoms with E-state index in [0.29, 0.717) is 0 Å². The third-order valence-electron chi connectivity index (χ3n) is 0.942. The molecule has 0 bridgehead atoms. The number of rotatable bonds is 1. The molecule has 0 nitrogen and oxygen atoms in total. The van der Waals surface area contributed by atoms with Gasteiger partial charge >= 0.3 is 0 Å². The minimum absolute atomic E-state index is 1.38. The van der Waals surface area contributed by atoms with E-state index in [1.54, 1.807) is 11.8 Å². The molecule has 2 heteroatoms. The Morgan fingerprint density at radius 2 is 2.38 bits per heavy atom. The molecule has 0 spiro atoms. The standard InChI is InChI=1S/C6H8S2/c1-5-3-6(7-2)4-8-5/h3-4H,1-2H3. The predicted octanol–water partition coefficient (Wildman–Crippen LogP) is 2.78. The van der Waals surface area contributed by atoms with E-state index in [-0.39, 0.29) is 0 Å². The molecule has 0 saturated heterocycles. The third-order valence-corrected chi connectivity index (χ3v) is 2.66. The lowest BCUT2D eigenvalue weighted by Crippen LogP contribution is -1.54. The highest BCUT2D eigenvalue weighted by Crippen LogP contribution is 2.21. The van der Waals surface area contributed by atoms with Gasteiger partial charge in [-0.2, -0.15) is 0 Å². The molecule has 0 saturated carbocycles. The van der Waals surface area contributed by atoms with Crippen LogP contribution in [0.1, 0.15) is 4.88 Å². The lowest BCUT2D eigenvalue weighted by molar-refractivity contribution is 1.52. The van der Waals surface area contributed by atoms with Gasteiger partial charge in [0.05, 0.1) is 0 Å². The highest BCUT2D eigenvalue weighted by Gasteiger charge is 1.89. The van der Waals surface area contributed by atoms with Crippen molar-refractivity contribution in [3.05, 3.63) is 16.3 Å². The molecule has 0 aliphatic heterocycles. The maximum absolute atomic E-state index is 2.20. The minimum Gasteiger partial charge on any atom is -0.148 e. The van der Waals surface area contributed by atoms with Crippen LogP contribution in [0.15, 0.2) is 16.3 Å². The molecule has 0 unspecified atom stereocenters. The van der Waals surface area contributed by atoms with E-state index in [2.05, 4.69) is 24.6 Å². The van der Waals surface area contributed by atoms with Gasteiger partial charge in [-0.3, -0.25) is 0 Å². The Morgan fingerprint density at radius 3 is 2.62 bits per heavy atom. The molecule has 0 amide bonds. The van der Waals surface area contributed by atoms with E-state index in [1.165, 1.54) is 9.77 Å². The van der Waals surface area contributed by atoms with Crippen molar-refractivity contribution in [1.82, 2.24) is 0 Å². The molecule has 0 aliphatic carbocycles. The molecule has 0 aliphatic rings. The summed E-state index contributed by atoms with van der Waals surface area (Å²) in [7, 11) is 0. The van der Waals surface area contributed by atoms with Gasteiger partial charge in [0.25, 0.3) is 0 Å². The summed E-state index contributed by atoms with van der Waals surface area (Å²) in [6, 6.07) is 2.20. The Bertz CT molecular complexity index is 167. The molecule has 1 heterocycles. The first-order chi connectivity index (χ1) is 3.83. The fourth-order valence-electron chi connectivity index (χ4n) is 0.526. The smallest absolute Gasteiger partial charge is 0.0179 e. The van der Waals surface area contributed by atoms with E-state index < -0.39 is 0 Å². The summed E-state index contributed by atoms with van der Waals surface area (Å²) < 4.78 is 0. The van der Waals surface area contributed by atoms with Gasteiger partial charge in [-0.15, -0.1) is 23.1 Å². The molecule has 1 rings (SSSR count). The monoisotopic (exact) mass is 144 g/mol. The van der Waals surface area contributed by atoms with E-state index in [0.717, 1.165) is 0 Å². The highest BCUT2D eigenvalue weighted by atomic mass is 32.2. The molecule has 0 aromatic carbocycles. The van der Waals surface area contributed by atoms with Crippen molar-refractivity contribution in [3.63, 3.8) is 0 Å². The van der Waals surface area contributed by atoms with Gasteiger partial charge in [-0.05, 0) is 19.2 Å². The molecule has 1 aromatic rings. The van der Waals surface area contributed by atoms with Crippen molar-refractivity contribution in [3.8, 4) is 0 Å². The van der Waals surface area contributed by atoms with Gasteiger partial charge in [-0.25, -0.2) is 0 Å². The second-order valence-corrected chi connectivity index (χ2v) is 3.59. The average Bonchev–Trinajstić information content (AvgIpc) is 2.14. The van der Waals surface area contributed by atoms with Crippen LogP contribution in [-0.2, 0) is 0 Å². The summed E-state index contributed by atoms with van der Waals surface area (Å²) in [5.41, 5.74) is 0. The lowest BCUT2D eigenvalue weighted by Gasteiger charge is -1.80. The van der Waals surface area contributed by atoms with Crippen molar-refractivity contribution in [1.29, 1.82) is 0 Å². The van der Waals surface area contributed by atoms with Crippen molar-refractivity contribution in [2.45, 2.75) is 11.8 Å². The zero-order chi connectivity index (χ0) is 5.98. The molecule has 44 valence electrons. The van der Waals surface area contributed by atoms with Crippen LogP contribution >= 0.6 is 23.1 Å². The van der Waals surface area contributed by atoms with Crippen LogP contribution in [-0.4, -0.2) is 6.26 Å². The lowest BCUT2D eigenvalue weighted by atomic mass is 10.5. The summed E-state index contributed by atoms with van der Waals surface area (Å²) in [5, 5.41) is 2.18. The minimum atomic E-state index is 1.38. The molecular formula is C6H8S2. The van der Waals surface area contributed by atoms with E-state index >= 15 is 0 Å². The number of thiophene rings is 1. The number of hydrogen-bond acceptors (Lipinski definition) is 2. The third kappa shape index (κ3) is 1.26. The van der Waals surface area contributed by atoms with E-state index in [1.807, 2.05) is 11.3 Å². The molecule has 0 atom stereocenters. The second kappa shape index (κ2) is 2.55. The fraction of sp³-hybridized carbons (Fsp3) is 0.333. The summed E-state index contributed by atoms with van der Waals surface area (Å²) in [6.45, 7) is 2.13. The SMILES string of the molecule is CSc1csc(C)c1. The normalized spacial score (nSPS) is 9.75. The summed E-state index contributed by atoms with van der Waals surface area (Å²) >= 11 is 3.61. The first-order valence-electron chi connectivity index (χ1n) is 2.42. The highest BCUT2D eigenvalue weighted by molar-refractivity contribution is 7.98. The van der Waals surface area contributed by atoms with E-state index in [4.69, 9.17) is 0 Å². The van der Waals surface area contributed by atoms with Crippen LogP contribution < -0.4 is 0 Å². The summed E-state index contributed by atoms with van der Waals surface area (Å²) in [4.78, 5) is 2.78. The van der Waals surface area contributed by atoms with Crippen molar-refractivity contribution < 1.29 is 0 Å². The van der Waals surface area contributed by atoms with Gasteiger partial charge in [-0.1, -0.05) is 0 Å². The maximum atomic E-state index is 2.20. The Balaban J connectivity index is 2.84. The van der Waals surface area contributed by atoms with Crippen LogP contribution in [0.25, 0.3) is 0 Å². The number of thioether (sulfide) groups is 1. The number of hydrogen-bond donors (Lipinski definition) is 0.